The molecule has 0 atom stereocenters. The Kier molecular flexibility index (Phi) is 3.13. The van der Waals surface area contributed by atoms with E-state index < -0.39 is 0 Å². The van der Waals surface area contributed by atoms with Crippen molar-refractivity contribution >= 4 is 5.91 Å². The van der Waals surface area contributed by atoms with Crippen molar-refractivity contribution in [3.05, 3.63) is 29.3 Å². The highest BCUT2D eigenvalue weighted by molar-refractivity contribution is 5.94. The van der Waals surface area contributed by atoms with Gasteiger partial charge >= 0.3 is 0 Å². The van der Waals surface area contributed by atoms with Crippen molar-refractivity contribution in [2.24, 2.45) is 0 Å². The molecule has 1 aromatic rings. The normalized spacial score (nSPS) is 16.2. The van der Waals surface area contributed by atoms with Crippen molar-refractivity contribution in [2.45, 2.75) is 26.2 Å². The maximum absolute atomic E-state index is 12.1. The third-order valence-electron chi connectivity index (χ3n) is 3.10. The number of benzene rings is 1. The summed E-state index contributed by atoms with van der Waals surface area (Å²) in [6, 6.07) is 5.13. The number of aryl methyl sites for hydroxylation is 1. The number of carbonyl (C=O) groups excluding carboxylic acids is 1. The van der Waals surface area contributed by atoms with E-state index in [4.69, 9.17) is 0 Å². The molecule has 1 aromatic carbocycles. The molecule has 0 bridgehead atoms. The zero-order valence-electron chi connectivity index (χ0n) is 9.57. The van der Waals surface area contributed by atoms with Crippen LogP contribution in [0.3, 0.4) is 0 Å². The number of hydrogen-bond donors (Lipinski definition) is 1. The summed E-state index contributed by atoms with van der Waals surface area (Å²) in [5.74, 6) is 0.234. The number of piperidine rings is 1. The summed E-state index contributed by atoms with van der Waals surface area (Å²) in [4.78, 5) is 13.9. The second kappa shape index (κ2) is 4.56. The van der Waals surface area contributed by atoms with Gasteiger partial charge in [-0.05, 0) is 43.9 Å². The van der Waals surface area contributed by atoms with E-state index >= 15 is 0 Å². The van der Waals surface area contributed by atoms with Gasteiger partial charge in [0.05, 0.1) is 0 Å². The van der Waals surface area contributed by atoms with E-state index in [1.807, 2.05) is 11.8 Å². The maximum atomic E-state index is 12.1. The molecular formula is C13H17NO2. The van der Waals surface area contributed by atoms with Gasteiger partial charge < -0.3 is 10.0 Å². The van der Waals surface area contributed by atoms with Gasteiger partial charge in [-0.15, -0.1) is 0 Å². The molecule has 2 rings (SSSR count). The van der Waals surface area contributed by atoms with Gasteiger partial charge in [0.15, 0.2) is 0 Å². The maximum Gasteiger partial charge on any atom is 0.253 e. The number of carbonyl (C=O) groups is 1. The first-order valence-corrected chi connectivity index (χ1v) is 5.77. The first-order valence-electron chi connectivity index (χ1n) is 5.77. The minimum absolute atomic E-state index is 0.0370. The molecule has 1 N–H and O–H groups in total. The molecule has 1 amide bonds. The van der Waals surface area contributed by atoms with Gasteiger partial charge in [0, 0.05) is 18.7 Å². The monoisotopic (exact) mass is 219 g/mol. The van der Waals surface area contributed by atoms with Gasteiger partial charge in [-0.2, -0.15) is 0 Å². The Bertz CT molecular complexity index is 395. The summed E-state index contributed by atoms with van der Waals surface area (Å²) in [6.07, 6.45) is 3.39. The van der Waals surface area contributed by atoms with Crippen LogP contribution in [0.25, 0.3) is 0 Å². The minimum Gasteiger partial charge on any atom is -0.508 e. The fraction of sp³-hybridized carbons (Fsp3) is 0.462. The van der Waals surface area contributed by atoms with Crippen LogP contribution in [0.5, 0.6) is 5.75 Å². The van der Waals surface area contributed by atoms with Gasteiger partial charge in [0.2, 0.25) is 0 Å². The molecule has 16 heavy (non-hydrogen) atoms. The summed E-state index contributed by atoms with van der Waals surface area (Å²) in [5.41, 5.74) is 1.39. The number of rotatable bonds is 1. The zero-order chi connectivity index (χ0) is 11.5. The number of nitrogens with zero attached hydrogens (tertiary/aromatic N) is 1. The Morgan fingerprint density at radius 2 is 1.94 bits per heavy atom. The third kappa shape index (κ3) is 2.18. The molecule has 3 nitrogen and oxygen atoms in total. The summed E-state index contributed by atoms with van der Waals surface area (Å²) in [7, 11) is 0. The smallest absolute Gasteiger partial charge is 0.253 e. The number of phenols is 1. The van der Waals surface area contributed by atoms with Crippen LogP contribution >= 0.6 is 0 Å². The quantitative estimate of drug-likeness (QED) is 0.787. The van der Waals surface area contributed by atoms with E-state index in [9.17, 15) is 9.90 Å². The van der Waals surface area contributed by atoms with Crippen LogP contribution < -0.4 is 0 Å². The minimum atomic E-state index is 0.0370. The number of hydrogen-bond acceptors (Lipinski definition) is 2. The predicted molar refractivity (Wildman–Crippen MR) is 62.6 cm³/mol. The summed E-state index contributed by atoms with van der Waals surface area (Å²) in [6.45, 7) is 3.51. The Balaban J connectivity index is 2.16. The topological polar surface area (TPSA) is 40.5 Å². The molecule has 1 aliphatic rings. The van der Waals surface area contributed by atoms with Crippen molar-refractivity contribution in [1.82, 2.24) is 4.90 Å². The van der Waals surface area contributed by atoms with E-state index in [2.05, 4.69) is 0 Å². The highest BCUT2D eigenvalue weighted by Crippen LogP contribution is 2.20. The molecule has 0 spiro atoms. The van der Waals surface area contributed by atoms with Crippen molar-refractivity contribution in [3.8, 4) is 5.75 Å². The van der Waals surface area contributed by atoms with Crippen molar-refractivity contribution < 1.29 is 9.90 Å². The molecule has 3 heteroatoms. The van der Waals surface area contributed by atoms with Gasteiger partial charge in [-0.1, -0.05) is 6.07 Å². The number of amides is 1. The average molecular weight is 219 g/mol. The fourth-order valence-corrected chi connectivity index (χ4v) is 2.02. The summed E-state index contributed by atoms with van der Waals surface area (Å²) in [5, 5.41) is 9.58. The lowest BCUT2D eigenvalue weighted by Gasteiger charge is -2.26. The molecule has 86 valence electrons. The van der Waals surface area contributed by atoms with Crippen LogP contribution in [0.2, 0.25) is 0 Å². The van der Waals surface area contributed by atoms with Crippen LogP contribution in [0.15, 0.2) is 18.2 Å². The Morgan fingerprint density at radius 3 is 2.56 bits per heavy atom. The lowest BCUT2D eigenvalue weighted by molar-refractivity contribution is 0.0724. The Hall–Kier alpha value is -1.51. The second-order valence-electron chi connectivity index (χ2n) is 4.35. The molecule has 1 fully saturated rings. The van der Waals surface area contributed by atoms with Crippen LogP contribution in [0.1, 0.15) is 35.2 Å². The lowest BCUT2D eigenvalue weighted by Crippen LogP contribution is -2.35. The van der Waals surface area contributed by atoms with E-state index in [0.717, 1.165) is 31.5 Å². The first kappa shape index (κ1) is 11.0. The largest absolute Gasteiger partial charge is 0.508 e. The van der Waals surface area contributed by atoms with Crippen LogP contribution in [0, 0.1) is 6.92 Å². The van der Waals surface area contributed by atoms with Crippen LogP contribution in [-0.2, 0) is 0 Å². The number of phenolic OH excluding ortho intramolecular Hbond substituents is 1. The average Bonchev–Trinajstić information content (AvgIpc) is 2.33. The van der Waals surface area contributed by atoms with Crippen LogP contribution in [0.4, 0.5) is 0 Å². The summed E-state index contributed by atoms with van der Waals surface area (Å²) < 4.78 is 0. The molecule has 0 aromatic heterocycles. The van der Waals surface area contributed by atoms with Crippen LogP contribution in [-0.4, -0.2) is 29.0 Å². The molecular weight excluding hydrogens is 202 g/mol. The molecule has 1 saturated heterocycles. The van der Waals surface area contributed by atoms with Crippen molar-refractivity contribution in [3.63, 3.8) is 0 Å². The summed E-state index contributed by atoms with van der Waals surface area (Å²) >= 11 is 0. The molecule has 0 saturated carbocycles. The van der Waals surface area contributed by atoms with Crippen molar-refractivity contribution in [2.75, 3.05) is 13.1 Å². The van der Waals surface area contributed by atoms with E-state index in [0.29, 0.717) is 5.56 Å². The molecule has 0 radical (unpaired) electrons. The number of likely N-dealkylation sites (tertiary alicyclic amines) is 1. The second-order valence-corrected chi connectivity index (χ2v) is 4.35. The lowest BCUT2D eigenvalue weighted by atomic mass is 10.1. The predicted octanol–water partition coefficient (Wildman–Crippen LogP) is 2.33. The highest BCUT2D eigenvalue weighted by Gasteiger charge is 2.18. The SMILES string of the molecule is Cc1ccc(C(=O)N2CCCCC2)cc1O. The van der Waals surface area contributed by atoms with E-state index in [1.165, 1.54) is 6.42 Å². The van der Waals surface area contributed by atoms with Gasteiger partial charge in [-0.3, -0.25) is 4.79 Å². The van der Waals surface area contributed by atoms with E-state index in [-0.39, 0.29) is 11.7 Å². The fourth-order valence-electron chi connectivity index (χ4n) is 2.02. The molecule has 0 aliphatic carbocycles. The highest BCUT2D eigenvalue weighted by atomic mass is 16.3. The zero-order valence-corrected chi connectivity index (χ0v) is 9.57. The van der Waals surface area contributed by atoms with Crippen molar-refractivity contribution in [1.29, 1.82) is 0 Å². The molecule has 0 unspecified atom stereocenters. The molecule has 1 heterocycles. The van der Waals surface area contributed by atoms with Gasteiger partial charge in [-0.25, -0.2) is 0 Å². The third-order valence-corrected chi connectivity index (χ3v) is 3.10. The number of aromatic hydroxyl groups is 1. The van der Waals surface area contributed by atoms with Gasteiger partial charge in [0.25, 0.3) is 5.91 Å². The Labute approximate surface area is 95.7 Å². The van der Waals surface area contributed by atoms with E-state index in [1.54, 1.807) is 18.2 Å². The first-order chi connectivity index (χ1) is 7.68. The van der Waals surface area contributed by atoms with Gasteiger partial charge in [0.1, 0.15) is 5.75 Å². The molecule has 1 aliphatic heterocycles. The standard InChI is InChI=1S/C13H17NO2/c1-10-5-6-11(9-12(10)15)13(16)14-7-3-2-4-8-14/h5-6,9,15H,2-4,7-8H2,1H3. The Morgan fingerprint density at radius 1 is 1.25 bits per heavy atom.